The van der Waals surface area contributed by atoms with Crippen LogP contribution in [-0.4, -0.2) is 20.3 Å². The summed E-state index contributed by atoms with van der Waals surface area (Å²) in [6, 6.07) is 1.93. The summed E-state index contributed by atoms with van der Waals surface area (Å²) in [4.78, 5) is 20.7. The third-order valence-electron chi connectivity index (χ3n) is 2.74. The van der Waals surface area contributed by atoms with E-state index < -0.39 is 0 Å². The van der Waals surface area contributed by atoms with Crippen LogP contribution in [0.5, 0.6) is 0 Å². The fourth-order valence-corrected chi connectivity index (χ4v) is 1.87. The molecule has 1 amide bonds. The quantitative estimate of drug-likeness (QED) is 0.866. The summed E-state index contributed by atoms with van der Waals surface area (Å²) in [7, 11) is 0. The van der Waals surface area contributed by atoms with Gasteiger partial charge in [-0.15, -0.1) is 0 Å². The molecule has 5 nitrogen and oxygen atoms in total. The van der Waals surface area contributed by atoms with Crippen molar-refractivity contribution in [1.82, 2.24) is 19.7 Å². The highest BCUT2D eigenvalue weighted by Crippen LogP contribution is 2.11. The zero-order chi connectivity index (χ0) is 14.7. The van der Waals surface area contributed by atoms with E-state index in [0.717, 1.165) is 11.4 Å². The maximum absolute atomic E-state index is 12.2. The van der Waals surface area contributed by atoms with Crippen LogP contribution in [0.25, 0.3) is 5.65 Å². The van der Waals surface area contributed by atoms with Crippen molar-refractivity contribution in [3.05, 3.63) is 66.6 Å². The van der Waals surface area contributed by atoms with Crippen molar-refractivity contribution in [3.8, 4) is 0 Å². The molecule has 0 bridgehead atoms. The highest BCUT2D eigenvalue weighted by molar-refractivity contribution is 5.99. The highest BCUT2D eigenvalue weighted by atomic mass is 16.1. The van der Waals surface area contributed by atoms with Gasteiger partial charge >= 0.3 is 0 Å². The number of rotatable bonds is 4. The minimum atomic E-state index is -0.330. The number of carbonyl (C=O) groups is 1. The predicted molar refractivity (Wildman–Crippen MR) is 78.4 cm³/mol. The Bertz CT molecular complexity index is 725. The van der Waals surface area contributed by atoms with Gasteiger partial charge in [-0.25, -0.2) is 9.97 Å². The summed E-state index contributed by atoms with van der Waals surface area (Å²) in [5.41, 5.74) is 3.12. The molecule has 5 heteroatoms. The third-order valence-corrected chi connectivity index (χ3v) is 2.74. The second kappa shape index (κ2) is 5.52. The minimum Gasteiger partial charge on any atom is -0.321 e. The van der Waals surface area contributed by atoms with Crippen LogP contribution in [0.4, 0.5) is 0 Å². The molecule has 0 aliphatic rings. The molecular formula is C15H16N4O. The molecule has 0 unspecified atom stereocenters. The number of hydrogen-bond donors (Lipinski definition) is 1. The Kier molecular flexibility index (Phi) is 3.79. The van der Waals surface area contributed by atoms with Crippen molar-refractivity contribution in [2.24, 2.45) is 0 Å². The van der Waals surface area contributed by atoms with Gasteiger partial charge in [0.25, 0.3) is 5.91 Å². The molecule has 2 rings (SSSR count). The molecule has 1 N–H and O–H groups in total. The molecule has 102 valence electrons. The largest absolute Gasteiger partial charge is 0.321 e. The van der Waals surface area contributed by atoms with Crippen molar-refractivity contribution in [2.45, 2.75) is 13.8 Å². The summed E-state index contributed by atoms with van der Waals surface area (Å²) in [5.74, 6) is -0.330. The van der Waals surface area contributed by atoms with Crippen LogP contribution in [0.3, 0.4) is 0 Å². The van der Waals surface area contributed by atoms with Gasteiger partial charge in [-0.2, -0.15) is 0 Å². The number of fused-ring (bicyclic) bond motifs is 1. The molecule has 2 heterocycles. The zero-order valence-corrected chi connectivity index (χ0v) is 11.6. The maximum atomic E-state index is 12.2. The lowest BCUT2D eigenvalue weighted by molar-refractivity contribution is 0.0964. The molecule has 0 saturated heterocycles. The molecule has 2 aromatic rings. The molecule has 0 saturated carbocycles. The summed E-state index contributed by atoms with van der Waals surface area (Å²) in [6.07, 6.45) is 6.56. The zero-order valence-electron chi connectivity index (χ0n) is 11.6. The third kappa shape index (κ3) is 2.66. The lowest BCUT2D eigenvalue weighted by Crippen LogP contribution is -2.22. The summed E-state index contributed by atoms with van der Waals surface area (Å²) in [5, 5.41) is 2.66. The van der Waals surface area contributed by atoms with Gasteiger partial charge in [0, 0.05) is 17.1 Å². The first-order chi connectivity index (χ1) is 9.52. The first-order valence-electron chi connectivity index (χ1n) is 6.13. The number of allylic oxidation sites excluding steroid dienone is 3. The van der Waals surface area contributed by atoms with Gasteiger partial charge in [-0.05, 0) is 26.0 Å². The summed E-state index contributed by atoms with van der Waals surface area (Å²) in [6.45, 7) is 11.1. The van der Waals surface area contributed by atoms with E-state index in [1.54, 1.807) is 29.0 Å². The number of imidazole rings is 1. The Hall–Kier alpha value is -2.69. The van der Waals surface area contributed by atoms with Gasteiger partial charge in [0.15, 0.2) is 11.3 Å². The van der Waals surface area contributed by atoms with E-state index in [0.29, 0.717) is 11.3 Å². The number of amides is 1. The van der Waals surface area contributed by atoms with Crippen LogP contribution in [0, 0.1) is 13.8 Å². The van der Waals surface area contributed by atoms with E-state index in [9.17, 15) is 4.79 Å². The lowest BCUT2D eigenvalue weighted by atomic mass is 10.3. The molecule has 0 atom stereocenters. The fraction of sp³-hybridized carbons (Fsp3) is 0.133. The number of aryl methyl sites for hydroxylation is 2. The Balaban J connectivity index is 2.33. The Morgan fingerprint density at radius 3 is 2.90 bits per heavy atom. The molecular weight excluding hydrogens is 252 g/mol. The van der Waals surface area contributed by atoms with Crippen molar-refractivity contribution < 1.29 is 4.79 Å². The normalized spacial score (nSPS) is 10.9. The monoisotopic (exact) mass is 268 g/mol. The van der Waals surface area contributed by atoms with Crippen LogP contribution in [0.15, 0.2) is 49.5 Å². The van der Waals surface area contributed by atoms with Crippen molar-refractivity contribution >= 4 is 11.6 Å². The SMILES string of the molecule is C=C/C=C\C(=C)NC(=O)c1ncn2c(C)cc(C)nc12. The second-order valence-electron chi connectivity index (χ2n) is 4.40. The van der Waals surface area contributed by atoms with Crippen molar-refractivity contribution in [3.63, 3.8) is 0 Å². The average molecular weight is 268 g/mol. The van der Waals surface area contributed by atoms with Gasteiger partial charge in [-0.3, -0.25) is 9.20 Å². The molecule has 2 aromatic heterocycles. The van der Waals surface area contributed by atoms with Gasteiger partial charge in [0.05, 0.1) is 0 Å². The number of carbonyl (C=O) groups excluding carboxylic acids is 1. The maximum Gasteiger partial charge on any atom is 0.278 e. The van der Waals surface area contributed by atoms with Gasteiger partial charge in [0.2, 0.25) is 0 Å². The predicted octanol–water partition coefficient (Wildman–Crippen LogP) is 2.33. The van der Waals surface area contributed by atoms with E-state index in [4.69, 9.17) is 0 Å². The van der Waals surface area contributed by atoms with E-state index in [-0.39, 0.29) is 11.6 Å². The van der Waals surface area contributed by atoms with E-state index in [1.807, 2.05) is 19.9 Å². The Morgan fingerprint density at radius 1 is 1.45 bits per heavy atom. The number of hydrogen-bond acceptors (Lipinski definition) is 3. The first kappa shape index (κ1) is 13.7. The first-order valence-corrected chi connectivity index (χ1v) is 6.13. The number of nitrogens with one attached hydrogen (secondary N) is 1. The van der Waals surface area contributed by atoms with E-state index in [1.165, 1.54) is 0 Å². The standard InChI is InChI=1S/C15H16N4O/c1-5-6-7-10(2)18-15(20)13-14-17-11(3)8-12(4)19(14)9-16-13/h5-9H,1-2H2,3-4H3,(H,18,20)/b7-6-. The molecule has 0 spiro atoms. The highest BCUT2D eigenvalue weighted by Gasteiger charge is 2.15. The van der Waals surface area contributed by atoms with E-state index in [2.05, 4.69) is 28.4 Å². The number of nitrogens with zero attached hydrogens (tertiary/aromatic N) is 3. The molecule has 0 aromatic carbocycles. The van der Waals surface area contributed by atoms with Gasteiger partial charge < -0.3 is 5.32 Å². The summed E-state index contributed by atoms with van der Waals surface area (Å²) >= 11 is 0. The summed E-state index contributed by atoms with van der Waals surface area (Å²) < 4.78 is 1.78. The molecule has 0 aliphatic heterocycles. The molecule has 0 aliphatic carbocycles. The van der Waals surface area contributed by atoms with Crippen LogP contribution in [0.1, 0.15) is 21.9 Å². The fourth-order valence-electron chi connectivity index (χ4n) is 1.87. The second-order valence-corrected chi connectivity index (χ2v) is 4.40. The van der Waals surface area contributed by atoms with Crippen LogP contribution >= 0.6 is 0 Å². The Labute approximate surface area is 117 Å². The molecule has 0 fully saturated rings. The topological polar surface area (TPSA) is 59.3 Å². The van der Waals surface area contributed by atoms with Crippen LogP contribution < -0.4 is 5.32 Å². The van der Waals surface area contributed by atoms with Crippen molar-refractivity contribution in [2.75, 3.05) is 0 Å². The smallest absolute Gasteiger partial charge is 0.278 e. The van der Waals surface area contributed by atoms with Crippen molar-refractivity contribution in [1.29, 1.82) is 0 Å². The van der Waals surface area contributed by atoms with Gasteiger partial charge in [-0.1, -0.05) is 25.3 Å². The van der Waals surface area contributed by atoms with Crippen LogP contribution in [-0.2, 0) is 0 Å². The van der Waals surface area contributed by atoms with Crippen LogP contribution in [0.2, 0.25) is 0 Å². The minimum absolute atomic E-state index is 0.282. The molecule has 20 heavy (non-hydrogen) atoms. The Morgan fingerprint density at radius 2 is 2.20 bits per heavy atom. The van der Waals surface area contributed by atoms with Gasteiger partial charge in [0.1, 0.15) is 6.33 Å². The lowest BCUT2D eigenvalue weighted by Gasteiger charge is -2.04. The molecule has 0 radical (unpaired) electrons. The van der Waals surface area contributed by atoms with E-state index >= 15 is 0 Å². The number of aromatic nitrogens is 3. The average Bonchev–Trinajstić information content (AvgIpc) is 2.80.